The molecule has 0 N–H and O–H groups in total. The van der Waals surface area contributed by atoms with Gasteiger partial charge in [-0.1, -0.05) is 61.2 Å². The summed E-state index contributed by atoms with van der Waals surface area (Å²) < 4.78 is 21.2. The molecule has 0 radical (unpaired) electrons. The van der Waals surface area contributed by atoms with Crippen LogP contribution in [0.5, 0.6) is 11.5 Å². The van der Waals surface area contributed by atoms with Crippen LogP contribution in [0.4, 0.5) is 0 Å². The highest BCUT2D eigenvalue weighted by Crippen LogP contribution is 2.27. The highest BCUT2D eigenvalue weighted by atomic mass is 16.5. The summed E-state index contributed by atoms with van der Waals surface area (Å²) >= 11 is 0. The molecule has 0 atom stereocenters. The lowest BCUT2D eigenvalue weighted by atomic mass is 9.97. The molecule has 5 aromatic rings. The molecule has 0 aliphatic rings. The maximum atomic E-state index is 13.0. The zero-order chi connectivity index (χ0) is 28.9. The number of fused-ring (bicyclic) bond motifs is 1. The maximum Gasteiger partial charge on any atom is 0.344 e. The maximum absolute atomic E-state index is 13.0. The molecule has 41 heavy (non-hydrogen) atoms. The van der Waals surface area contributed by atoms with Gasteiger partial charge in [0.05, 0.1) is 17.7 Å². The van der Waals surface area contributed by atoms with Crippen molar-refractivity contribution in [1.82, 2.24) is 0 Å². The van der Waals surface area contributed by atoms with Crippen molar-refractivity contribution in [3.63, 3.8) is 0 Å². The minimum atomic E-state index is -0.588. The number of carbonyl (C=O) groups is 1. The van der Waals surface area contributed by atoms with Gasteiger partial charge in [-0.3, -0.25) is 0 Å². The molecule has 0 saturated heterocycles. The van der Waals surface area contributed by atoms with E-state index in [1.54, 1.807) is 32.1 Å². The summed E-state index contributed by atoms with van der Waals surface area (Å²) in [6.07, 6.45) is 5.70. The van der Waals surface area contributed by atoms with Gasteiger partial charge in [-0.25, -0.2) is 14.4 Å². The standard InChI is InChI=1S/C34H26O7/c1-4-26-11-13-30(34(37)41-28-15-22(3)40-33(36)19-28)29-12-10-24(17-31(26)29)9-8-23-6-5-7-25(16-23)20-38-27-14-21(2)39-32(35)18-27/h4-19H,1,20H2,2-3H3/b9-8+. The first-order valence-corrected chi connectivity index (χ1v) is 12.8. The van der Waals surface area contributed by atoms with Crippen molar-refractivity contribution in [3.8, 4) is 11.5 Å². The van der Waals surface area contributed by atoms with E-state index in [0.29, 0.717) is 34.8 Å². The molecule has 2 aromatic heterocycles. The number of aryl methyl sites for hydroxylation is 2. The fraction of sp³-hybridized carbons (Fsp3) is 0.0882. The Balaban J connectivity index is 1.37. The van der Waals surface area contributed by atoms with Gasteiger partial charge in [0.15, 0.2) is 0 Å². The van der Waals surface area contributed by atoms with Crippen molar-refractivity contribution in [2.45, 2.75) is 20.5 Å². The molecule has 0 aliphatic carbocycles. The summed E-state index contributed by atoms with van der Waals surface area (Å²) in [5, 5.41) is 1.54. The smallest absolute Gasteiger partial charge is 0.344 e. The van der Waals surface area contributed by atoms with Crippen LogP contribution in [0.3, 0.4) is 0 Å². The quantitative estimate of drug-likeness (QED) is 0.153. The molecule has 7 nitrogen and oxygen atoms in total. The summed E-state index contributed by atoms with van der Waals surface area (Å²) in [6.45, 7) is 7.52. The van der Waals surface area contributed by atoms with Crippen LogP contribution >= 0.6 is 0 Å². The number of hydrogen-bond donors (Lipinski definition) is 0. The Kier molecular flexibility index (Phi) is 7.78. The molecular weight excluding hydrogens is 520 g/mol. The Morgan fingerprint density at radius 3 is 2.17 bits per heavy atom. The second-order valence-electron chi connectivity index (χ2n) is 9.41. The lowest BCUT2D eigenvalue weighted by Gasteiger charge is -2.10. The molecule has 0 spiro atoms. The number of carbonyl (C=O) groups excluding carboxylic acids is 1. The zero-order valence-electron chi connectivity index (χ0n) is 22.5. The van der Waals surface area contributed by atoms with E-state index in [1.165, 1.54) is 12.1 Å². The van der Waals surface area contributed by atoms with Crippen LogP contribution in [-0.2, 0) is 6.61 Å². The topological polar surface area (TPSA) is 95.9 Å². The van der Waals surface area contributed by atoms with Crippen LogP contribution in [0.15, 0.2) is 104 Å². The Hall–Kier alpha value is -5.43. The van der Waals surface area contributed by atoms with E-state index in [-0.39, 0.29) is 5.75 Å². The Morgan fingerprint density at radius 2 is 1.46 bits per heavy atom. The van der Waals surface area contributed by atoms with E-state index in [1.807, 2.05) is 60.7 Å². The van der Waals surface area contributed by atoms with Gasteiger partial charge in [-0.2, -0.15) is 0 Å². The van der Waals surface area contributed by atoms with Crippen molar-refractivity contribution >= 4 is 35.0 Å². The number of benzene rings is 3. The van der Waals surface area contributed by atoms with Crippen LogP contribution in [0.1, 0.15) is 44.1 Å². The van der Waals surface area contributed by atoms with Crippen molar-refractivity contribution in [1.29, 1.82) is 0 Å². The summed E-state index contributed by atoms with van der Waals surface area (Å²) in [7, 11) is 0. The first-order chi connectivity index (χ1) is 19.8. The molecule has 0 unspecified atom stereocenters. The van der Waals surface area contributed by atoms with Gasteiger partial charge in [0, 0.05) is 12.1 Å². The van der Waals surface area contributed by atoms with E-state index in [2.05, 4.69) is 6.58 Å². The zero-order valence-corrected chi connectivity index (χ0v) is 22.5. The molecular formula is C34H26O7. The summed E-state index contributed by atoms with van der Waals surface area (Å²) in [6, 6.07) is 22.8. The normalized spacial score (nSPS) is 11.1. The predicted octanol–water partition coefficient (Wildman–Crippen LogP) is 6.97. The Bertz CT molecular complexity index is 1920. The molecule has 7 heteroatoms. The number of esters is 1. The number of ether oxygens (including phenoxy) is 2. The third-order valence-corrected chi connectivity index (χ3v) is 6.28. The van der Waals surface area contributed by atoms with Crippen molar-refractivity contribution in [2.24, 2.45) is 0 Å². The molecule has 3 aromatic carbocycles. The van der Waals surface area contributed by atoms with Gasteiger partial charge in [-0.15, -0.1) is 0 Å². The summed E-state index contributed by atoms with van der Waals surface area (Å²) in [4.78, 5) is 36.3. The predicted molar refractivity (Wildman–Crippen MR) is 158 cm³/mol. The average Bonchev–Trinajstić information content (AvgIpc) is 2.93. The number of rotatable bonds is 8. The first kappa shape index (κ1) is 27.1. The molecule has 0 aliphatic heterocycles. The molecule has 2 heterocycles. The van der Waals surface area contributed by atoms with Gasteiger partial charge < -0.3 is 18.3 Å². The second kappa shape index (κ2) is 11.8. The average molecular weight is 547 g/mol. The van der Waals surface area contributed by atoms with Crippen LogP contribution in [0, 0.1) is 13.8 Å². The SMILES string of the molecule is C=Cc1ccc(C(=O)Oc2cc(C)oc(=O)c2)c2ccc(/C=C/c3cccc(COc4cc(C)oc(=O)c4)c3)cc12. The van der Waals surface area contributed by atoms with Gasteiger partial charge in [0.25, 0.3) is 0 Å². The molecule has 0 bridgehead atoms. The summed E-state index contributed by atoms with van der Waals surface area (Å²) in [5.74, 6) is 0.846. The van der Waals surface area contributed by atoms with Gasteiger partial charge in [-0.05, 0) is 65.1 Å². The van der Waals surface area contributed by atoms with E-state index < -0.39 is 17.2 Å². The molecule has 0 amide bonds. The third kappa shape index (κ3) is 6.59. The van der Waals surface area contributed by atoms with E-state index in [9.17, 15) is 14.4 Å². The number of hydrogen-bond acceptors (Lipinski definition) is 7. The minimum Gasteiger partial charge on any atom is -0.489 e. The first-order valence-electron chi connectivity index (χ1n) is 12.8. The highest BCUT2D eigenvalue weighted by molar-refractivity contribution is 6.08. The van der Waals surface area contributed by atoms with Crippen LogP contribution in [0.2, 0.25) is 0 Å². The second-order valence-corrected chi connectivity index (χ2v) is 9.41. The van der Waals surface area contributed by atoms with E-state index >= 15 is 0 Å². The van der Waals surface area contributed by atoms with Crippen molar-refractivity contribution < 1.29 is 23.1 Å². The van der Waals surface area contributed by atoms with Crippen LogP contribution < -0.4 is 20.7 Å². The highest BCUT2D eigenvalue weighted by Gasteiger charge is 2.15. The van der Waals surface area contributed by atoms with Gasteiger partial charge in [0.2, 0.25) is 0 Å². The largest absolute Gasteiger partial charge is 0.489 e. The van der Waals surface area contributed by atoms with E-state index in [4.69, 9.17) is 18.3 Å². The molecule has 5 rings (SSSR count). The fourth-order valence-corrected chi connectivity index (χ4v) is 4.45. The van der Waals surface area contributed by atoms with Crippen molar-refractivity contribution in [2.75, 3.05) is 0 Å². The van der Waals surface area contributed by atoms with Crippen LogP contribution in [0.25, 0.3) is 29.0 Å². The lowest BCUT2D eigenvalue weighted by Crippen LogP contribution is -2.11. The molecule has 0 fully saturated rings. The Morgan fingerprint density at radius 1 is 0.780 bits per heavy atom. The summed E-state index contributed by atoms with van der Waals surface area (Å²) in [5.41, 5.74) is 3.04. The van der Waals surface area contributed by atoms with Crippen LogP contribution in [-0.4, -0.2) is 5.97 Å². The molecule has 0 saturated carbocycles. The fourth-order valence-electron chi connectivity index (χ4n) is 4.45. The molecule has 204 valence electrons. The monoisotopic (exact) mass is 546 g/mol. The minimum absolute atomic E-state index is 0.126. The van der Waals surface area contributed by atoms with Crippen molar-refractivity contribution in [3.05, 3.63) is 146 Å². The lowest BCUT2D eigenvalue weighted by molar-refractivity contribution is 0.0735. The third-order valence-electron chi connectivity index (χ3n) is 6.28. The Labute approximate surface area is 235 Å². The van der Waals surface area contributed by atoms with E-state index in [0.717, 1.165) is 33.7 Å². The van der Waals surface area contributed by atoms with Gasteiger partial charge >= 0.3 is 17.2 Å². The van der Waals surface area contributed by atoms with Gasteiger partial charge in [0.1, 0.15) is 29.6 Å².